The fourth-order valence-electron chi connectivity index (χ4n) is 1.58. The van der Waals surface area contributed by atoms with E-state index in [2.05, 4.69) is 20.4 Å². The lowest BCUT2D eigenvalue weighted by Crippen LogP contribution is -2.11. The molecule has 0 unspecified atom stereocenters. The lowest BCUT2D eigenvalue weighted by atomic mass is 10.3. The summed E-state index contributed by atoms with van der Waals surface area (Å²) in [6, 6.07) is 4.91. The molecule has 1 amide bonds. The monoisotopic (exact) mass is 289 g/mol. The zero-order valence-electron chi connectivity index (χ0n) is 10.0. The van der Waals surface area contributed by atoms with Crippen LogP contribution in [-0.4, -0.2) is 25.7 Å². The number of hydrogen-bond donors (Lipinski definition) is 1. The van der Waals surface area contributed by atoms with Crippen molar-refractivity contribution >= 4 is 23.2 Å². The minimum atomic E-state index is -0.362. The highest BCUT2D eigenvalue weighted by Crippen LogP contribution is 2.18. The van der Waals surface area contributed by atoms with Gasteiger partial charge in [-0.3, -0.25) is 4.79 Å². The number of pyridine rings is 1. The first-order chi connectivity index (χ1) is 9.74. The summed E-state index contributed by atoms with van der Waals surface area (Å²) in [6.07, 6.45) is 5.82. The van der Waals surface area contributed by atoms with E-state index in [1.807, 2.05) is 0 Å². The third kappa shape index (κ3) is 2.39. The number of carbonyl (C=O) groups is 1. The topological polar surface area (TPSA) is 85.8 Å². The molecule has 100 valence electrons. The number of anilines is 1. The molecule has 0 aliphatic rings. The first-order valence-corrected chi connectivity index (χ1v) is 5.97. The van der Waals surface area contributed by atoms with Gasteiger partial charge in [0.25, 0.3) is 5.91 Å². The Kier molecular flexibility index (Phi) is 3.18. The molecule has 3 heterocycles. The van der Waals surface area contributed by atoms with Crippen LogP contribution in [0.1, 0.15) is 10.4 Å². The summed E-state index contributed by atoms with van der Waals surface area (Å²) in [5.74, 6) is 0.237. The fourth-order valence-corrected chi connectivity index (χ4v) is 1.78. The smallest absolute Gasteiger partial charge is 0.260 e. The molecule has 0 aliphatic heterocycles. The van der Waals surface area contributed by atoms with Crippen molar-refractivity contribution in [3.63, 3.8) is 0 Å². The van der Waals surface area contributed by atoms with Gasteiger partial charge in [0.1, 0.15) is 12.7 Å². The van der Waals surface area contributed by atoms with Gasteiger partial charge >= 0.3 is 0 Å². The molecule has 3 rings (SSSR count). The molecule has 0 atom stereocenters. The van der Waals surface area contributed by atoms with E-state index < -0.39 is 0 Å². The summed E-state index contributed by atoms with van der Waals surface area (Å²) < 4.78 is 6.37. The van der Waals surface area contributed by atoms with Gasteiger partial charge in [-0.25, -0.2) is 14.6 Å². The second kappa shape index (κ2) is 5.14. The van der Waals surface area contributed by atoms with Crippen LogP contribution >= 0.6 is 11.6 Å². The molecule has 0 spiro atoms. The van der Waals surface area contributed by atoms with Crippen molar-refractivity contribution in [3.8, 4) is 5.82 Å². The van der Waals surface area contributed by atoms with Crippen molar-refractivity contribution in [1.29, 1.82) is 0 Å². The normalized spacial score (nSPS) is 10.4. The van der Waals surface area contributed by atoms with E-state index in [4.69, 9.17) is 16.0 Å². The molecule has 3 aromatic rings. The Bertz CT molecular complexity index is 721. The van der Waals surface area contributed by atoms with Crippen molar-refractivity contribution in [2.24, 2.45) is 0 Å². The fraction of sp³-hybridized carbons (Fsp3) is 0. The van der Waals surface area contributed by atoms with Gasteiger partial charge in [0.05, 0.1) is 23.7 Å². The van der Waals surface area contributed by atoms with Crippen molar-refractivity contribution < 1.29 is 9.21 Å². The Labute approximate surface area is 118 Å². The van der Waals surface area contributed by atoms with E-state index >= 15 is 0 Å². The molecular weight excluding hydrogens is 282 g/mol. The highest BCUT2D eigenvalue weighted by Gasteiger charge is 2.13. The third-order valence-electron chi connectivity index (χ3n) is 2.52. The van der Waals surface area contributed by atoms with Crippen molar-refractivity contribution in [2.45, 2.75) is 0 Å². The van der Waals surface area contributed by atoms with Crippen LogP contribution in [0.25, 0.3) is 5.82 Å². The molecule has 0 saturated heterocycles. The number of aromatic nitrogens is 4. The number of nitrogens with one attached hydrogen (secondary N) is 1. The van der Waals surface area contributed by atoms with E-state index in [9.17, 15) is 4.79 Å². The summed E-state index contributed by atoms with van der Waals surface area (Å²) in [4.78, 5) is 19.9. The van der Waals surface area contributed by atoms with Crippen LogP contribution in [0.5, 0.6) is 0 Å². The molecule has 0 aliphatic carbocycles. The zero-order chi connectivity index (χ0) is 13.9. The van der Waals surface area contributed by atoms with Gasteiger partial charge in [0.2, 0.25) is 5.22 Å². The summed E-state index contributed by atoms with van der Waals surface area (Å²) in [5.41, 5.74) is 0.808. The van der Waals surface area contributed by atoms with Crippen molar-refractivity contribution in [3.05, 3.63) is 54.1 Å². The number of hydrogen-bond acceptors (Lipinski definition) is 5. The van der Waals surface area contributed by atoms with Crippen LogP contribution in [-0.2, 0) is 0 Å². The Morgan fingerprint density at radius 1 is 1.35 bits per heavy atom. The average Bonchev–Trinajstić information content (AvgIpc) is 3.10. The van der Waals surface area contributed by atoms with Crippen LogP contribution in [0.15, 0.2) is 47.7 Å². The van der Waals surface area contributed by atoms with Gasteiger partial charge in [-0.2, -0.15) is 5.10 Å². The number of halogens is 1. The number of amides is 1. The van der Waals surface area contributed by atoms with E-state index in [0.29, 0.717) is 11.5 Å². The highest BCUT2D eigenvalue weighted by atomic mass is 35.5. The van der Waals surface area contributed by atoms with Gasteiger partial charge in [-0.15, -0.1) is 0 Å². The molecule has 0 radical (unpaired) electrons. The average molecular weight is 290 g/mol. The Balaban J connectivity index is 1.76. The summed E-state index contributed by atoms with van der Waals surface area (Å²) in [7, 11) is 0. The molecule has 8 heteroatoms. The first-order valence-electron chi connectivity index (χ1n) is 5.59. The standard InChI is InChI=1S/C12H8ClN5O2/c13-11-9(3-4-20-11)12(19)17-8-1-2-10(15-5-8)18-7-14-6-16-18/h1-7H,(H,17,19). The van der Waals surface area contributed by atoms with Crippen molar-refractivity contribution in [2.75, 3.05) is 5.32 Å². The van der Waals surface area contributed by atoms with Crippen LogP contribution in [0.3, 0.4) is 0 Å². The molecule has 0 bridgehead atoms. The van der Waals surface area contributed by atoms with E-state index in [1.165, 1.54) is 35.9 Å². The SMILES string of the molecule is O=C(Nc1ccc(-n2cncn2)nc1)c1ccoc1Cl. The van der Waals surface area contributed by atoms with Crippen LogP contribution in [0.2, 0.25) is 5.22 Å². The predicted molar refractivity (Wildman–Crippen MR) is 70.8 cm³/mol. The van der Waals surface area contributed by atoms with E-state index in [-0.39, 0.29) is 16.7 Å². The third-order valence-corrected chi connectivity index (χ3v) is 2.81. The lowest BCUT2D eigenvalue weighted by Gasteiger charge is -2.04. The molecule has 3 aromatic heterocycles. The molecule has 0 fully saturated rings. The summed E-state index contributed by atoms with van der Waals surface area (Å²) >= 11 is 5.73. The molecular formula is C12H8ClN5O2. The largest absolute Gasteiger partial charge is 0.452 e. The van der Waals surface area contributed by atoms with Gasteiger partial charge in [-0.05, 0) is 29.8 Å². The first kappa shape index (κ1) is 12.4. The second-order valence-corrected chi connectivity index (χ2v) is 4.15. The molecule has 0 aromatic carbocycles. The minimum Gasteiger partial charge on any atom is -0.452 e. The van der Waals surface area contributed by atoms with Gasteiger partial charge in [0, 0.05) is 0 Å². The van der Waals surface area contributed by atoms with Gasteiger partial charge < -0.3 is 9.73 Å². The van der Waals surface area contributed by atoms with Gasteiger partial charge in [0.15, 0.2) is 5.82 Å². The Hall–Kier alpha value is -2.67. The molecule has 0 saturated carbocycles. The Morgan fingerprint density at radius 2 is 2.25 bits per heavy atom. The van der Waals surface area contributed by atoms with Crippen LogP contribution in [0, 0.1) is 0 Å². The number of nitrogens with zero attached hydrogens (tertiary/aromatic N) is 4. The maximum atomic E-state index is 11.9. The Morgan fingerprint density at radius 3 is 2.85 bits per heavy atom. The second-order valence-electron chi connectivity index (χ2n) is 3.81. The summed E-state index contributed by atoms with van der Waals surface area (Å²) in [6.45, 7) is 0. The number of furan rings is 1. The van der Waals surface area contributed by atoms with E-state index in [1.54, 1.807) is 12.1 Å². The number of carbonyl (C=O) groups excluding carboxylic acids is 1. The highest BCUT2D eigenvalue weighted by molar-refractivity contribution is 6.32. The predicted octanol–water partition coefficient (Wildman–Crippen LogP) is 2.16. The lowest BCUT2D eigenvalue weighted by molar-refractivity contribution is 0.102. The van der Waals surface area contributed by atoms with Gasteiger partial charge in [-0.1, -0.05) is 0 Å². The quantitative estimate of drug-likeness (QED) is 0.798. The summed E-state index contributed by atoms with van der Waals surface area (Å²) in [5, 5.41) is 6.67. The maximum Gasteiger partial charge on any atom is 0.260 e. The van der Waals surface area contributed by atoms with Crippen molar-refractivity contribution in [1.82, 2.24) is 19.7 Å². The van der Waals surface area contributed by atoms with Crippen LogP contribution < -0.4 is 5.32 Å². The maximum absolute atomic E-state index is 11.9. The number of rotatable bonds is 3. The molecule has 7 nitrogen and oxygen atoms in total. The zero-order valence-corrected chi connectivity index (χ0v) is 10.8. The van der Waals surface area contributed by atoms with Crippen LogP contribution in [0.4, 0.5) is 5.69 Å². The molecule has 20 heavy (non-hydrogen) atoms. The minimum absolute atomic E-state index is 0.0506. The van der Waals surface area contributed by atoms with E-state index in [0.717, 1.165) is 0 Å². The molecule has 1 N–H and O–H groups in total.